The zero-order chi connectivity index (χ0) is 18.1. The van der Waals surface area contributed by atoms with Gasteiger partial charge in [0.05, 0.1) is 6.61 Å². The zero-order valence-corrected chi connectivity index (χ0v) is 16.5. The first-order valence-electron chi connectivity index (χ1n) is 10.1. The highest BCUT2D eigenvalue weighted by Crippen LogP contribution is 2.45. The van der Waals surface area contributed by atoms with Crippen molar-refractivity contribution in [3.63, 3.8) is 0 Å². The molecule has 0 amide bonds. The van der Waals surface area contributed by atoms with E-state index in [1.807, 2.05) is 19.0 Å². The van der Waals surface area contributed by atoms with Crippen LogP contribution >= 0.6 is 0 Å². The van der Waals surface area contributed by atoms with Gasteiger partial charge in [0.25, 0.3) is 0 Å². The lowest BCUT2D eigenvalue weighted by atomic mass is 9.71. The van der Waals surface area contributed by atoms with E-state index in [2.05, 4.69) is 32.9 Å². The molecule has 1 aromatic rings. The van der Waals surface area contributed by atoms with E-state index in [4.69, 9.17) is 4.74 Å². The molecule has 1 saturated carbocycles. The van der Waals surface area contributed by atoms with E-state index < -0.39 is 0 Å². The standard InChI is InChI=1S/C20H33N5O/c1-23(2)18-10-19(22-15-21-18)25-8-6-20(7-9-25)14-24(3)11-17(20)13-26-12-16-4-5-16/h10,15-17H,4-9,11-14H2,1-3H3. The van der Waals surface area contributed by atoms with Crippen molar-refractivity contribution in [1.82, 2.24) is 14.9 Å². The summed E-state index contributed by atoms with van der Waals surface area (Å²) in [6.07, 6.45) is 6.90. The van der Waals surface area contributed by atoms with Gasteiger partial charge in [-0.15, -0.1) is 0 Å². The minimum atomic E-state index is 0.423. The van der Waals surface area contributed by atoms with Crippen molar-refractivity contribution >= 4 is 11.6 Å². The van der Waals surface area contributed by atoms with Gasteiger partial charge in [-0.3, -0.25) is 0 Å². The number of aromatic nitrogens is 2. The molecule has 1 atom stereocenters. The van der Waals surface area contributed by atoms with Gasteiger partial charge in [-0.25, -0.2) is 9.97 Å². The smallest absolute Gasteiger partial charge is 0.134 e. The third-order valence-electron chi connectivity index (χ3n) is 6.53. The maximum Gasteiger partial charge on any atom is 0.134 e. The topological polar surface area (TPSA) is 44.7 Å². The monoisotopic (exact) mass is 359 g/mol. The van der Waals surface area contributed by atoms with Crippen molar-refractivity contribution in [2.45, 2.75) is 25.7 Å². The number of piperidine rings is 1. The van der Waals surface area contributed by atoms with E-state index in [1.165, 1.54) is 38.8 Å². The molecule has 1 aromatic heterocycles. The van der Waals surface area contributed by atoms with Gasteiger partial charge in [0, 0.05) is 58.9 Å². The number of hydrogen-bond donors (Lipinski definition) is 0. The van der Waals surface area contributed by atoms with Crippen LogP contribution in [0.4, 0.5) is 11.6 Å². The molecule has 0 aromatic carbocycles. The first-order chi connectivity index (χ1) is 12.6. The molecular formula is C20H33N5O. The molecule has 1 unspecified atom stereocenters. The van der Waals surface area contributed by atoms with E-state index in [1.54, 1.807) is 6.33 Å². The van der Waals surface area contributed by atoms with Crippen LogP contribution in [0, 0.1) is 17.3 Å². The summed E-state index contributed by atoms with van der Waals surface area (Å²) in [6.45, 7) is 6.48. The fourth-order valence-electron chi connectivity index (χ4n) is 4.69. The molecule has 144 valence electrons. The second-order valence-electron chi connectivity index (χ2n) is 8.85. The van der Waals surface area contributed by atoms with Crippen molar-refractivity contribution in [3.05, 3.63) is 12.4 Å². The molecule has 2 saturated heterocycles. The summed E-state index contributed by atoms with van der Waals surface area (Å²) in [4.78, 5) is 15.8. The molecule has 2 aliphatic heterocycles. The first-order valence-corrected chi connectivity index (χ1v) is 10.1. The zero-order valence-electron chi connectivity index (χ0n) is 16.5. The van der Waals surface area contributed by atoms with Crippen LogP contribution in [0.3, 0.4) is 0 Å². The van der Waals surface area contributed by atoms with Gasteiger partial charge in [-0.2, -0.15) is 0 Å². The van der Waals surface area contributed by atoms with Crippen LogP contribution in [0.5, 0.6) is 0 Å². The Morgan fingerprint density at radius 2 is 1.96 bits per heavy atom. The van der Waals surface area contributed by atoms with E-state index in [0.29, 0.717) is 11.3 Å². The van der Waals surface area contributed by atoms with E-state index in [9.17, 15) is 0 Å². The van der Waals surface area contributed by atoms with E-state index >= 15 is 0 Å². The molecule has 3 fully saturated rings. The Morgan fingerprint density at radius 1 is 1.19 bits per heavy atom. The maximum atomic E-state index is 6.10. The molecular weight excluding hydrogens is 326 g/mol. The summed E-state index contributed by atoms with van der Waals surface area (Å²) < 4.78 is 6.10. The minimum Gasteiger partial charge on any atom is -0.381 e. The van der Waals surface area contributed by atoms with Crippen LogP contribution in [0.1, 0.15) is 25.7 Å². The summed E-state index contributed by atoms with van der Waals surface area (Å²) in [6, 6.07) is 2.11. The number of ether oxygens (including phenoxy) is 1. The lowest BCUT2D eigenvalue weighted by Gasteiger charge is -2.43. The van der Waals surface area contributed by atoms with Gasteiger partial charge in [0.15, 0.2) is 0 Å². The number of rotatable bonds is 6. The Kier molecular flexibility index (Phi) is 5.06. The fraction of sp³-hybridized carbons (Fsp3) is 0.800. The van der Waals surface area contributed by atoms with Crippen molar-refractivity contribution in [1.29, 1.82) is 0 Å². The van der Waals surface area contributed by atoms with Gasteiger partial charge in [0.2, 0.25) is 0 Å². The molecule has 1 aliphatic carbocycles. The second kappa shape index (κ2) is 7.31. The van der Waals surface area contributed by atoms with Gasteiger partial charge < -0.3 is 19.4 Å². The average Bonchev–Trinajstić information content (AvgIpc) is 3.41. The highest BCUT2D eigenvalue weighted by Gasteiger charge is 2.47. The molecule has 3 heterocycles. The summed E-state index contributed by atoms with van der Waals surface area (Å²) >= 11 is 0. The number of hydrogen-bond acceptors (Lipinski definition) is 6. The summed E-state index contributed by atoms with van der Waals surface area (Å²) in [7, 11) is 6.32. The molecule has 3 aliphatic rings. The van der Waals surface area contributed by atoms with Crippen LogP contribution in [0.2, 0.25) is 0 Å². The Labute approximate surface area is 157 Å². The number of nitrogens with zero attached hydrogens (tertiary/aromatic N) is 5. The summed E-state index contributed by atoms with van der Waals surface area (Å²) in [5, 5.41) is 0. The van der Waals surface area contributed by atoms with Crippen molar-refractivity contribution in [2.75, 3.05) is 70.3 Å². The normalized spacial score (nSPS) is 25.8. The van der Waals surface area contributed by atoms with E-state index in [-0.39, 0.29) is 0 Å². The second-order valence-corrected chi connectivity index (χ2v) is 8.85. The Bertz CT molecular complexity index is 610. The Balaban J connectivity index is 1.38. The molecule has 0 radical (unpaired) electrons. The molecule has 1 spiro atoms. The molecule has 26 heavy (non-hydrogen) atoms. The highest BCUT2D eigenvalue weighted by molar-refractivity contribution is 5.49. The van der Waals surface area contributed by atoms with Crippen LogP contribution < -0.4 is 9.80 Å². The maximum absolute atomic E-state index is 6.10. The predicted molar refractivity (Wildman–Crippen MR) is 105 cm³/mol. The predicted octanol–water partition coefficient (Wildman–Crippen LogP) is 2.12. The molecule has 4 rings (SSSR count). The third-order valence-corrected chi connectivity index (χ3v) is 6.53. The SMILES string of the molecule is CN1CC(COCC2CC2)C2(CCN(c3cc(N(C)C)ncn3)CC2)C1. The molecule has 0 N–H and O–H groups in total. The fourth-order valence-corrected chi connectivity index (χ4v) is 4.69. The Morgan fingerprint density at radius 3 is 2.65 bits per heavy atom. The van der Waals surface area contributed by atoms with Crippen LogP contribution in [-0.4, -0.2) is 75.4 Å². The quantitative estimate of drug-likeness (QED) is 0.775. The van der Waals surface area contributed by atoms with Crippen LogP contribution in [0.25, 0.3) is 0 Å². The van der Waals surface area contributed by atoms with Gasteiger partial charge in [0.1, 0.15) is 18.0 Å². The van der Waals surface area contributed by atoms with Gasteiger partial charge in [-0.1, -0.05) is 0 Å². The largest absolute Gasteiger partial charge is 0.381 e. The summed E-state index contributed by atoms with van der Waals surface area (Å²) in [5.74, 6) is 3.57. The Hall–Kier alpha value is -1.40. The third kappa shape index (κ3) is 3.81. The number of likely N-dealkylation sites (tertiary alicyclic amines) is 1. The van der Waals surface area contributed by atoms with Crippen LogP contribution in [0.15, 0.2) is 12.4 Å². The highest BCUT2D eigenvalue weighted by atomic mass is 16.5. The lowest BCUT2D eigenvalue weighted by Crippen LogP contribution is -2.45. The van der Waals surface area contributed by atoms with E-state index in [0.717, 1.165) is 43.9 Å². The van der Waals surface area contributed by atoms with Crippen LogP contribution in [-0.2, 0) is 4.74 Å². The van der Waals surface area contributed by atoms with Gasteiger partial charge in [-0.05, 0) is 44.1 Å². The minimum absolute atomic E-state index is 0.423. The first kappa shape index (κ1) is 18.0. The van der Waals surface area contributed by atoms with Crippen molar-refractivity contribution in [3.8, 4) is 0 Å². The molecule has 6 nitrogen and oxygen atoms in total. The lowest BCUT2D eigenvalue weighted by molar-refractivity contribution is 0.0428. The van der Waals surface area contributed by atoms with Crippen molar-refractivity contribution < 1.29 is 4.74 Å². The number of anilines is 2. The van der Waals surface area contributed by atoms with Gasteiger partial charge >= 0.3 is 0 Å². The molecule has 0 bridgehead atoms. The average molecular weight is 360 g/mol. The van der Waals surface area contributed by atoms with Crippen molar-refractivity contribution in [2.24, 2.45) is 17.3 Å². The summed E-state index contributed by atoms with van der Waals surface area (Å²) in [5.41, 5.74) is 0.423. The molecule has 6 heteroatoms.